The van der Waals surface area contributed by atoms with Gasteiger partial charge in [0.15, 0.2) is 6.10 Å². The molecule has 0 radical (unpaired) electrons. The smallest absolute Gasteiger partial charge is 0.339 e. The highest BCUT2D eigenvalue weighted by Gasteiger charge is 2.17. The molecule has 0 aliphatic carbocycles. The van der Waals surface area contributed by atoms with E-state index >= 15 is 0 Å². The molecule has 0 aromatic heterocycles. The third-order valence-electron chi connectivity index (χ3n) is 2.87. The maximum absolute atomic E-state index is 11.8. The van der Waals surface area contributed by atoms with Crippen molar-refractivity contribution in [3.05, 3.63) is 29.8 Å². The van der Waals surface area contributed by atoms with Gasteiger partial charge in [0.1, 0.15) is 11.3 Å². The summed E-state index contributed by atoms with van der Waals surface area (Å²) >= 11 is 0. The van der Waals surface area contributed by atoms with Gasteiger partial charge in [-0.15, -0.1) is 0 Å². The van der Waals surface area contributed by atoms with Crippen molar-refractivity contribution < 1.29 is 19.4 Å². The lowest BCUT2D eigenvalue weighted by atomic mass is 10.2. The second-order valence-corrected chi connectivity index (χ2v) is 4.56. The predicted octanol–water partition coefficient (Wildman–Crippen LogP) is 2.46. The van der Waals surface area contributed by atoms with Gasteiger partial charge in [0.25, 0.3) is 5.91 Å². The molecule has 1 aromatic rings. The summed E-state index contributed by atoms with van der Waals surface area (Å²) in [6.07, 6.45) is 2.36. The second kappa shape index (κ2) is 8.19. The van der Waals surface area contributed by atoms with Crippen LogP contribution in [0.2, 0.25) is 0 Å². The predicted molar refractivity (Wildman–Crippen MR) is 76.0 cm³/mol. The first kappa shape index (κ1) is 16.0. The monoisotopic (exact) mass is 279 g/mol. The number of carboxylic acid groups (broad SMARTS) is 1. The van der Waals surface area contributed by atoms with Crippen LogP contribution in [0.5, 0.6) is 5.75 Å². The molecule has 1 atom stereocenters. The van der Waals surface area contributed by atoms with E-state index in [0.29, 0.717) is 6.54 Å². The van der Waals surface area contributed by atoms with Gasteiger partial charge in [-0.05, 0) is 25.5 Å². The molecule has 5 nitrogen and oxygen atoms in total. The minimum absolute atomic E-state index is 0.0538. The van der Waals surface area contributed by atoms with Gasteiger partial charge in [-0.2, -0.15) is 0 Å². The van der Waals surface area contributed by atoms with E-state index in [-0.39, 0.29) is 17.2 Å². The molecule has 1 rings (SSSR count). The molecule has 0 aliphatic rings. The zero-order valence-corrected chi connectivity index (χ0v) is 11.9. The van der Waals surface area contributed by atoms with E-state index < -0.39 is 12.1 Å². The van der Waals surface area contributed by atoms with E-state index in [0.717, 1.165) is 19.3 Å². The number of aromatic carboxylic acids is 1. The first-order chi connectivity index (χ1) is 9.56. The van der Waals surface area contributed by atoms with E-state index in [1.54, 1.807) is 25.1 Å². The quantitative estimate of drug-likeness (QED) is 0.717. The number of nitrogens with one attached hydrogen (secondary N) is 1. The Morgan fingerprint density at radius 2 is 2.00 bits per heavy atom. The normalized spacial score (nSPS) is 11.7. The van der Waals surface area contributed by atoms with Crippen LogP contribution in [-0.2, 0) is 4.79 Å². The van der Waals surface area contributed by atoms with Crippen molar-refractivity contribution in [3.8, 4) is 5.75 Å². The number of ether oxygens (including phenoxy) is 1. The zero-order valence-electron chi connectivity index (χ0n) is 11.9. The van der Waals surface area contributed by atoms with Crippen LogP contribution in [0.4, 0.5) is 0 Å². The fraction of sp³-hybridized carbons (Fsp3) is 0.467. The summed E-state index contributed by atoms with van der Waals surface area (Å²) in [6, 6.07) is 6.29. The van der Waals surface area contributed by atoms with Gasteiger partial charge >= 0.3 is 5.97 Å². The van der Waals surface area contributed by atoms with Crippen molar-refractivity contribution >= 4 is 11.9 Å². The van der Waals surface area contributed by atoms with Crippen LogP contribution in [0.3, 0.4) is 0 Å². The van der Waals surface area contributed by atoms with Crippen LogP contribution in [-0.4, -0.2) is 29.6 Å². The summed E-state index contributed by atoms with van der Waals surface area (Å²) < 4.78 is 5.43. The molecule has 2 N–H and O–H groups in total. The van der Waals surface area contributed by atoms with Crippen molar-refractivity contribution in [1.82, 2.24) is 5.32 Å². The first-order valence-corrected chi connectivity index (χ1v) is 6.83. The van der Waals surface area contributed by atoms with Gasteiger partial charge in [0.05, 0.1) is 0 Å². The van der Waals surface area contributed by atoms with Crippen LogP contribution in [0.15, 0.2) is 24.3 Å². The maximum Gasteiger partial charge on any atom is 0.339 e. The summed E-state index contributed by atoms with van der Waals surface area (Å²) in [5, 5.41) is 11.8. The molecule has 5 heteroatoms. The van der Waals surface area contributed by atoms with Gasteiger partial charge in [-0.25, -0.2) is 4.79 Å². The summed E-state index contributed by atoms with van der Waals surface area (Å²) in [4.78, 5) is 22.8. The summed E-state index contributed by atoms with van der Waals surface area (Å²) in [6.45, 7) is 4.31. The van der Waals surface area contributed by atoms with E-state index in [2.05, 4.69) is 12.2 Å². The van der Waals surface area contributed by atoms with Gasteiger partial charge < -0.3 is 15.2 Å². The summed E-state index contributed by atoms with van der Waals surface area (Å²) in [5.74, 6) is -1.10. The number of unbranched alkanes of at least 4 members (excludes halogenated alkanes) is 2. The number of carbonyl (C=O) groups excluding carboxylic acids is 1. The fourth-order valence-corrected chi connectivity index (χ4v) is 1.72. The Morgan fingerprint density at radius 1 is 1.30 bits per heavy atom. The highest BCUT2D eigenvalue weighted by molar-refractivity contribution is 5.91. The number of carbonyl (C=O) groups is 2. The molecule has 20 heavy (non-hydrogen) atoms. The number of carboxylic acids is 1. The molecular formula is C15H21NO4. The van der Waals surface area contributed by atoms with Crippen molar-refractivity contribution in [2.45, 2.75) is 39.2 Å². The number of para-hydroxylation sites is 1. The number of hydrogen-bond acceptors (Lipinski definition) is 3. The number of hydrogen-bond donors (Lipinski definition) is 2. The fourth-order valence-electron chi connectivity index (χ4n) is 1.72. The first-order valence-electron chi connectivity index (χ1n) is 6.83. The lowest BCUT2D eigenvalue weighted by Crippen LogP contribution is -2.37. The Kier molecular flexibility index (Phi) is 6.56. The summed E-state index contributed by atoms with van der Waals surface area (Å²) in [7, 11) is 0. The molecule has 0 bridgehead atoms. The lowest BCUT2D eigenvalue weighted by Gasteiger charge is -2.16. The SMILES string of the molecule is CCCCCNC(=O)C(C)Oc1ccccc1C(=O)O. The van der Waals surface area contributed by atoms with Gasteiger partial charge in [0, 0.05) is 6.54 Å². The van der Waals surface area contributed by atoms with E-state index in [4.69, 9.17) is 9.84 Å². The highest BCUT2D eigenvalue weighted by Crippen LogP contribution is 2.19. The van der Waals surface area contributed by atoms with Crippen LogP contribution in [0.25, 0.3) is 0 Å². The summed E-state index contributed by atoms with van der Waals surface area (Å²) in [5.41, 5.74) is 0.0538. The zero-order chi connectivity index (χ0) is 15.0. The van der Waals surface area contributed by atoms with Gasteiger partial charge in [-0.1, -0.05) is 31.9 Å². The van der Waals surface area contributed by atoms with Crippen LogP contribution < -0.4 is 10.1 Å². The molecule has 0 fully saturated rings. The van der Waals surface area contributed by atoms with Gasteiger partial charge in [-0.3, -0.25) is 4.79 Å². The molecule has 0 saturated heterocycles. The van der Waals surface area contributed by atoms with Gasteiger partial charge in [0.2, 0.25) is 0 Å². The molecule has 0 saturated carbocycles. The Bertz CT molecular complexity index is 459. The maximum atomic E-state index is 11.8. The third kappa shape index (κ3) is 4.91. The molecule has 1 aromatic carbocycles. The van der Waals surface area contributed by atoms with Crippen molar-refractivity contribution in [3.63, 3.8) is 0 Å². The molecular weight excluding hydrogens is 258 g/mol. The number of rotatable bonds is 8. The molecule has 0 heterocycles. The number of benzene rings is 1. The minimum atomic E-state index is -1.07. The van der Waals surface area contributed by atoms with Crippen molar-refractivity contribution in [1.29, 1.82) is 0 Å². The standard InChI is InChI=1S/C15H21NO4/c1-3-4-7-10-16-14(17)11(2)20-13-9-6-5-8-12(13)15(18)19/h5-6,8-9,11H,3-4,7,10H2,1-2H3,(H,16,17)(H,18,19). The third-order valence-corrected chi connectivity index (χ3v) is 2.87. The molecule has 0 aliphatic heterocycles. The number of amides is 1. The second-order valence-electron chi connectivity index (χ2n) is 4.56. The Labute approximate surface area is 118 Å². The van der Waals surface area contributed by atoms with E-state index in [1.807, 2.05) is 0 Å². The molecule has 1 unspecified atom stereocenters. The molecule has 110 valence electrons. The van der Waals surface area contributed by atoms with Crippen LogP contribution in [0.1, 0.15) is 43.5 Å². The van der Waals surface area contributed by atoms with Crippen molar-refractivity contribution in [2.24, 2.45) is 0 Å². The van der Waals surface area contributed by atoms with Crippen LogP contribution in [0, 0.1) is 0 Å². The Morgan fingerprint density at radius 3 is 2.65 bits per heavy atom. The topological polar surface area (TPSA) is 75.6 Å². The largest absolute Gasteiger partial charge is 0.480 e. The average Bonchev–Trinajstić information content (AvgIpc) is 2.43. The van der Waals surface area contributed by atoms with E-state index in [1.165, 1.54) is 6.07 Å². The van der Waals surface area contributed by atoms with Crippen molar-refractivity contribution in [2.75, 3.05) is 6.54 Å². The van der Waals surface area contributed by atoms with E-state index in [9.17, 15) is 9.59 Å². The molecule has 1 amide bonds. The lowest BCUT2D eigenvalue weighted by molar-refractivity contribution is -0.127. The Hall–Kier alpha value is -2.04. The highest BCUT2D eigenvalue weighted by atomic mass is 16.5. The Balaban J connectivity index is 2.55. The minimum Gasteiger partial charge on any atom is -0.480 e. The average molecular weight is 279 g/mol. The van der Waals surface area contributed by atoms with Crippen LogP contribution >= 0.6 is 0 Å². The molecule has 0 spiro atoms.